The third kappa shape index (κ3) is 5.67. The summed E-state index contributed by atoms with van der Waals surface area (Å²) in [7, 11) is 1.66. The van der Waals surface area contributed by atoms with Gasteiger partial charge in [-0.1, -0.05) is 37.3 Å². The van der Waals surface area contributed by atoms with Crippen LogP contribution in [0.3, 0.4) is 0 Å². The number of nitrogens with one attached hydrogen (secondary N) is 2. The largest absolute Gasteiger partial charge is 0.481 e. The van der Waals surface area contributed by atoms with Gasteiger partial charge in [0.05, 0.1) is 18.8 Å². The lowest BCUT2D eigenvalue weighted by Crippen LogP contribution is -2.45. The zero-order valence-electron chi connectivity index (χ0n) is 18.1. The molecule has 2 aromatic rings. The molecule has 0 aliphatic carbocycles. The summed E-state index contributed by atoms with van der Waals surface area (Å²) >= 11 is 0. The predicted molar refractivity (Wildman–Crippen MR) is 115 cm³/mol. The number of piperidine rings is 1. The Kier molecular flexibility index (Phi) is 7.83. The van der Waals surface area contributed by atoms with Gasteiger partial charge in [-0.3, -0.25) is 0 Å². The van der Waals surface area contributed by atoms with E-state index < -0.39 is 0 Å². The maximum Gasteiger partial charge on any atom is 0.225 e. The van der Waals surface area contributed by atoms with Crippen LogP contribution in [0.4, 0.5) is 0 Å². The van der Waals surface area contributed by atoms with Gasteiger partial charge in [-0.2, -0.15) is 9.97 Å². The summed E-state index contributed by atoms with van der Waals surface area (Å²) in [5.41, 5.74) is 2.20. The van der Waals surface area contributed by atoms with Gasteiger partial charge in [0.2, 0.25) is 11.8 Å². The predicted octanol–water partition coefficient (Wildman–Crippen LogP) is 3.81. The summed E-state index contributed by atoms with van der Waals surface area (Å²) in [6.07, 6.45) is 4.09. The van der Waals surface area contributed by atoms with Gasteiger partial charge in [0.25, 0.3) is 0 Å². The number of hydrogen-bond donors (Lipinski definition) is 2. The standard InChI is InChI=1S/C23H34N4O2/c1-5-10-20-26-22(28-4)18(23(27-20)29-16(2)3)15-25-19-13-9-14-24-21(19)17-11-7-6-8-12-17/h6-8,11-12,16,19,21,24-25H,5,9-10,13-15H2,1-4H3. The van der Waals surface area contributed by atoms with E-state index in [1.54, 1.807) is 7.11 Å². The summed E-state index contributed by atoms with van der Waals surface area (Å²) in [6, 6.07) is 11.2. The van der Waals surface area contributed by atoms with Crippen molar-refractivity contribution in [1.82, 2.24) is 20.6 Å². The zero-order chi connectivity index (χ0) is 20.6. The number of hydrogen-bond acceptors (Lipinski definition) is 6. The maximum atomic E-state index is 6.04. The Balaban J connectivity index is 1.82. The number of aromatic nitrogens is 2. The topological polar surface area (TPSA) is 68.3 Å². The summed E-state index contributed by atoms with van der Waals surface area (Å²) in [5, 5.41) is 7.39. The molecule has 1 aromatic heterocycles. The van der Waals surface area contributed by atoms with E-state index in [1.807, 2.05) is 13.8 Å². The van der Waals surface area contributed by atoms with Gasteiger partial charge in [-0.05, 0) is 45.2 Å². The molecule has 1 aromatic carbocycles. The molecule has 29 heavy (non-hydrogen) atoms. The smallest absolute Gasteiger partial charge is 0.225 e. The van der Waals surface area contributed by atoms with Crippen LogP contribution in [0.1, 0.15) is 63.0 Å². The van der Waals surface area contributed by atoms with E-state index in [2.05, 4.69) is 57.9 Å². The lowest BCUT2D eigenvalue weighted by molar-refractivity contribution is 0.223. The molecule has 1 aliphatic heterocycles. The van der Waals surface area contributed by atoms with E-state index in [-0.39, 0.29) is 12.1 Å². The van der Waals surface area contributed by atoms with Crippen LogP contribution < -0.4 is 20.1 Å². The number of rotatable bonds is 9. The number of benzene rings is 1. The minimum Gasteiger partial charge on any atom is -0.481 e. The van der Waals surface area contributed by atoms with Crippen LogP contribution in [0, 0.1) is 0 Å². The second-order valence-corrected chi connectivity index (χ2v) is 7.82. The van der Waals surface area contributed by atoms with Crippen molar-refractivity contribution in [3.8, 4) is 11.8 Å². The Morgan fingerprint density at radius 3 is 2.62 bits per heavy atom. The zero-order valence-corrected chi connectivity index (χ0v) is 18.1. The number of aryl methyl sites for hydroxylation is 1. The molecule has 6 heteroatoms. The summed E-state index contributed by atoms with van der Waals surface area (Å²) in [5.74, 6) is 2.00. The Labute approximate surface area is 174 Å². The summed E-state index contributed by atoms with van der Waals surface area (Å²) in [6.45, 7) is 7.79. The van der Waals surface area contributed by atoms with Crippen molar-refractivity contribution in [1.29, 1.82) is 0 Å². The monoisotopic (exact) mass is 398 g/mol. The van der Waals surface area contributed by atoms with Crippen LogP contribution in [0.15, 0.2) is 30.3 Å². The lowest BCUT2D eigenvalue weighted by Gasteiger charge is -2.34. The van der Waals surface area contributed by atoms with E-state index in [4.69, 9.17) is 9.47 Å². The molecular weight excluding hydrogens is 364 g/mol. The first kappa shape index (κ1) is 21.5. The molecular formula is C23H34N4O2. The van der Waals surface area contributed by atoms with Gasteiger partial charge in [-0.25, -0.2) is 0 Å². The Bertz CT molecular complexity index is 767. The number of nitrogens with zero attached hydrogens (tertiary/aromatic N) is 2. The van der Waals surface area contributed by atoms with Crippen LogP contribution >= 0.6 is 0 Å². The van der Waals surface area contributed by atoms with E-state index in [9.17, 15) is 0 Å². The minimum atomic E-state index is 0.0382. The highest BCUT2D eigenvalue weighted by molar-refractivity contribution is 5.36. The van der Waals surface area contributed by atoms with Crippen LogP contribution in [-0.2, 0) is 13.0 Å². The summed E-state index contributed by atoms with van der Waals surface area (Å²) in [4.78, 5) is 9.30. The first-order valence-electron chi connectivity index (χ1n) is 10.7. The molecule has 2 N–H and O–H groups in total. The third-order valence-electron chi connectivity index (χ3n) is 5.15. The van der Waals surface area contributed by atoms with Crippen LogP contribution in [0.5, 0.6) is 11.8 Å². The van der Waals surface area contributed by atoms with E-state index in [0.29, 0.717) is 24.3 Å². The van der Waals surface area contributed by atoms with E-state index >= 15 is 0 Å². The molecule has 0 radical (unpaired) electrons. The van der Waals surface area contributed by atoms with E-state index in [0.717, 1.165) is 43.6 Å². The average molecular weight is 399 g/mol. The van der Waals surface area contributed by atoms with Gasteiger partial charge in [0, 0.05) is 25.0 Å². The molecule has 0 saturated carbocycles. The van der Waals surface area contributed by atoms with Gasteiger partial charge in [0.15, 0.2) is 0 Å². The highest BCUT2D eigenvalue weighted by Crippen LogP contribution is 2.29. The molecule has 2 unspecified atom stereocenters. The first-order chi connectivity index (χ1) is 14.1. The van der Waals surface area contributed by atoms with Crippen molar-refractivity contribution in [2.75, 3.05) is 13.7 Å². The van der Waals surface area contributed by atoms with Crippen LogP contribution in [0.2, 0.25) is 0 Å². The molecule has 1 fully saturated rings. The molecule has 0 amide bonds. The van der Waals surface area contributed by atoms with E-state index in [1.165, 1.54) is 5.56 Å². The summed E-state index contributed by atoms with van der Waals surface area (Å²) < 4.78 is 11.7. The van der Waals surface area contributed by atoms with Crippen molar-refractivity contribution in [3.05, 3.63) is 47.3 Å². The van der Waals surface area contributed by atoms with Gasteiger partial charge >= 0.3 is 0 Å². The fourth-order valence-corrected chi connectivity index (χ4v) is 3.81. The molecule has 1 saturated heterocycles. The molecule has 6 nitrogen and oxygen atoms in total. The highest BCUT2D eigenvalue weighted by Gasteiger charge is 2.27. The normalized spacial score (nSPS) is 19.3. The Hall–Kier alpha value is -2.18. The second-order valence-electron chi connectivity index (χ2n) is 7.82. The number of methoxy groups -OCH3 is 1. The van der Waals surface area contributed by atoms with Crippen LogP contribution in [0.25, 0.3) is 0 Å². The van der Waals surface area contributed by atoms with Crippen molar-refractivity contribution >= 4 is 0 Å². The molecule has 0 bridgehead atoms. The third-order valence-corrected chi connectivity index (χ3v) is 5.15. The van der Waals surface area contributed by atoms with Crippen molar-refractivity contribution in [2.45, 2.75) is 71.2 Å². The SMILES string of the molecule is CCCc1nc(OC)c(CNC2CCCNC2c2ccccc2)c(OC(C)C)n1. The molecule has 0 spiro atoms. The Morgan fingerprint density at radius 1 is 1.17 bits per heavy atom. The quantitative estimate of drug-likeness (QED) is 0.670. The molecule has 158 valence electrons. The van der Waals surface area contributed by atoms with Crippen LogP contribution in [-0.4, -0.2) is 35.8 Å². The lowest BCUT2D eigenvalue weighted by atomic mass is 9.92. The second kappa shape index (κ2) is 10.6. The molecule has 1 aliphatic rings. The highest BCUT2D eigenvalue weighted by atomic mass is 16.5. The van der Waals surface area contributed by atoms with Crippen molar-refractivity contribution in [3.63, 3.8) is 0 Å². The van der Waals surface area contributed by atoms with Gasteiger partial charge < -0.3 is 20.1 Å². The molecule has 2 heterocycles. The van der Waals surface area contributed by atoms with Gasteiger partial charge in [0.1, 0.15) is 5.82 Å². The Morgan fingerprint density at radius 2 is 1.93 bits per heavy atom. The van der Waals surface area contributed by atoms with Crippen molar-refractivity contribution in [2.24, 2.45) is 0 Å². The first-order valence-corrected chi connectivity index (χ1v) is 10.7. The fourth-order valence-electron chi connectivity index (χ4n) is 3.81. The average Bonchev–Trinajstić information content (AvgIpc) is 2.73. The maximum absolute atomic E-state index is 6.04. The fraction of sp³-hybridized carbons (Fsp3) is 0.565. The molecule has 3 rings (SSSR count). The minimum absolute atomic E-state index is 0.0382. The van der Waals surface area contributed by atoms with Gasteiger partial charge in [-0.15, -0.1) is 0 Å². The van der Waals surface area contributed by atoms with Crippen molar-refractivity contribution < 1.29 is 9.47 Å². The number of ether oxygens (including phenoxy) is 2. The molecule has 2 atom stereocenters.